The van der Waals surface area contributed by atoms with Crippen LogP contribution in [-0.2, 0) is 11.3 Å². The minimum Gasteiger partial charge on any atom is -0.492 e. The average Bonchev–Trinajstić information content (AvgIpc) is 3.20. The van der Waals surface area contributed by atoms with Gasteiger partial charge in [-0.25, -0.2) is 0 Å². The van der Waals surface area contributed by atoms with Crippen LogP contribution in [0.5, 0.6) is 11.5 Å². The van der Waals surface area contributed by atoms with Gasteiger partial charge in [0.25, 0.3) is 0 Å². The fourth-order valence-electron chi connectivity index (χ4n) is 3.27. The van der Waals surface area contributed by atoms with Crippen molar-refractivity contribution < 1.29 is 14.3 Å². The number of nitrogens with one attached hydrogen (secondary N) is 1. The molecular weight excluding hydrogens is 436 g/mol. The van der Waals surface area contributed by atoms with Crippen LogP contribution >= 0.6 is 11.8 Å². The monoisotopic (exact) mass is 466 g/mol. The van der Waals surface area contributed by atoms with Crippen LogP contribution in [0.1, 0.15) is 36.9 Å². The number of thioether (sulfide) groups is 1. The molecule has 1 atom stereocenters. The molecule has 3 rings (SSSR count). The topological polar surface area (TPSA) is 78.3 Å². The highest BCUT2D eigenvalue weighted by Gasteiger charge is 2.20. The number of amides is 1. The van der Waals surface area contributed by atoms with E-state index in [9.17, 15) is 4.79 Å². The Labute approximate surface area is 199 Å². The van der Waals surface area contributed by atoms with Crippen LogP contribution in [0.15, 0.2) is 60.3 Å². The number of hydrogen-bond acceptors (Lipinski definition) is 6. The lowest BCUT2D eigenvalue weighted by atomic mass is 10.1. The predicted molar refractivity (Wildman–Crippen MR) is 132 cm³/mol. The summed E-state index contributed by atoms with van der Waals surface area (Å²) in [6, 6.07) is 13.4. The van der Waals surface area contributed by atoms with Gasteiger partial charge in [-0.1, -0.05) is 42.1 Å². The zero-order chi connectivity index (χ0) is 23.8. The summed E-state index contributed by atoms with van der Waals surface area (Å²) in [4.78, 5) is 12.6. The molecule has 0 bridgehead atoms. The lowest BCUT2D eigenvalue weighted by Gasteiger charge is -2.18. The van der Waals surface area contributed by atoms with Gasteiger partial charge in [-0.3, -0.25) is 9.36 Å². The van der Waals surface area contributed by atoms with Crippen molar-refractivity contribution in [1.29, 1.82) is 0 Å². The van der Waals surface area contributed by atoms with Crippen molar-refractivity contribution in [3.05, 3.63) is 72.1 Å². The number of benzene rings is 2. The summed E-state index contributed by atoms with van der Waals surface area (Å²) in [5.74, 6) is 2.18. The molecule has 1 unspecified atom stereocenters. The third kappa shape index (κ3) is 6.16. The maximum Gasteiger partial charge on any atom is 0.234 e. The van der Waals surface area contributed by atoms with Gasteiger partial charge < -0.3 is 14.8 Å². The molecule has 1 aromatic heterocycles. The highest BCUT2D eigenvalue weighted by molar-refractivity contribution is 7.99. The molecule has 1 amide bonds. The molecule has 1 heterocycles. The first-order chi connectivity index (χ1) is 15.9. The molecule has 7 nitrogen and oxygen atoms in total. The second-order valence-corrected chi connectivity index (χ2v) is 8.41. The van der Waals surface area contributed by atoms with Crippen LogP contribution in [0.4, 0.5) is 5.69 Å². The van der Waals surface area contributed by atoms with Crippen molar-refractivity contribution >= 4 is 23.4 Å². The third-order valence-corrected chi connectivity index (χ3v) is 6.04. The number of anilines is 1. The summed E-state index contributed by atoms with van der Waals surface area (Å²) < 4.78 is 13.7. The van der Waals surface area contributed by atoms with Crippen molar-refractivity contribution in [2.75, 3.05) is 17.7 Å². The van der Waals surface area contributed by atoms with E-state index in [2.05, 4.69) is 35.1 Å². The van der Waals surface area contributed by atoms with Gasteiger partial charge in [-0.2, -0.15) is 0 Å². The fourth-order valence-corrected chi connectivity index (χ4v) is 4.03. The number of hydrogen-bond donors (Lipinski definition) is 1. The van der Waals surface area contributed by atoms with Gasteiger partial charge in [-0.15, -0.1) is 16.8 Å². The molecule has 0 aliphatic rings. The van der Waals surface area contributed by atoms with E-state index in [-0.39, 0.29) is 17.8 Å². The molecule has 3 aromatic rings. The molecular formula is C25H30N4O3S. The van der Waals surface area contributed by atoms with Gasteiger partial charge >= 0.3 is 0 Å². The molecule has 1 N–H and O–H groups in total. The Balaban J connectivity index is 1.69. The second-order valence-electron chi connectivity index (χ2n) is 7.46. The Hall–Kier alpha value is -3.26. The van der Waals surface area contributed by atoms with Crippen LogP contribution in [0, 0.1) is 13.8 Å². The number of rotatable bonds is 11. The number of ether oxygens (including phenoxy) is 2. The Morgan fingerprint density at radius 2 is 1.94 bits per heavy atom. The van der Waals surface area contributed by atoms with Gasteiger partial charge in [0.2, 0.25) is 5.91 Å². The van der Waals surface area contributed by atoms with E-state index in [0.717, 1.165) is 11.3 Å². The van der Waals surface area contributed by atoms with Crippen LogP contribution in [0.3, 0.4) is 0 Å². The standard InChI is InChI=1S/C25H30N4O3S/c1-6-15-29-24(19(5)32-21-14-10-11-17(3)18(21)4)27-28-25(29)33-16-23(30)26-20-12-8-9-13-22(20)31-7-2/h6,8-14,19H,1,7,15-16H2,2-5H3,(H,26,30). The summed E-state index contributed by atoms with van der Waals surface area (Å²) in [5, 5.41) is 12.2. The number of aryl methyl sites for hydroxylation is 1. The van der Waals surface area contributed by atoms with E-state index in [1.807, 2.05) is 61.7 Å². The fraction of sp³-hybridized carbons (Fsp3) is 0.320. The van der Waals surface area contributed by atoms with Gasteiger partial charge in [0.15, 0.2) is 17.1 Å². The van der Waals surface area contributed by atoms with E-state index < -0.39 is 0 Å². The Morgan fingerprint density at radius 3 is 2.70 bits per heavy atom. The van der Waals surface area contributed by atoms with E-state index in [1.54, 1.807) is 6.08 Å². The van der Waals surface area contributed by atoms with E-state index in [0.29, 0.717) is 35.6 Å². The van der Waals surface area contributed by atoms with Crippen LogP contribution < -0.4 is 14.8 Å². The van der Waals surface area contributed by atoms with Crippen LogP contribution in [-0.4, -0.2) is 33.0 Å². The first kappa shape index (κ1) is 24.4. The summed E-state index contributed by atoms with van der Waals surface area (Å²) in [6.07, 6.45) is 1.46. The van der Waals surface area contributed by atoms with Crippen molar-refractivity contribution in [3.63, 3.8) is 0 Å². The van der Waals surface area contributed by atoms with E-state index >= 15 is 0 Å². The molecule has 0 radical (unpaired) electrons. The minimum atomic E-state index is -0.320. The summed E-state index contributed by atoms with van der Waals surface area (Å²) in [6.45, 7) is 12.8. The molecule has 0 fully saturated rings. The quantitative estimate of drug-likeness (QED) is 0.303. The SMILES string of the molecule is C=CCn1c(SCC(=O)Nc2ccccc2OCC)nnc1C(C)Oc1cccc(C)c1C. The Morgan fingerprint density at radius 1 is 1.18 bits per heavy atom. The zero-order valence-corrected chi connectivity index (χ0v) is 20.3. The first-order valence-corrected chi connectivity index (χ1v) is 11.8. The Kier molecular flexibility index (Phi) is 8.54. The first-order valence-electron chi connectivity index (χ1n) is 10.9. The predicted octanol–water partition coefficient (Wildman–Crippen LogP) is 5.35. The van der Waals surface area contributed by atoms with Gasteiger partial charge in [0, 0.05) is 6.54 Å². The molecule has 2 aromatic carbocycles. The summed E-state index contributed by atoms with van der Waals surface area (Å²) >= 11 is 1.32. The number of nitrogens with zero attached hydrogens (tertiary/aromatic N) is 3. The van der Waals surface area contributed by atoms with Gasteiger partial charge in [0.05, 0.1) is 18.0 Å². The minimum absolute atomic E-state index is 0.151. The van der Waals surface area contributed by atoms with Crippen molar-refractivity contribution in [3.8, 4) is 11.5 Å². The maximum atomic E-state index is 12.6. The molecule has 33 heavy (non-hydrogen) atoms. The summed E-state index contributed by atoms with van der Waals surface area (Å²) in [5.41, 5.74) is 2.91. The molecule has 0 aliphatic heterocycles. The number of aromatic nitrogens is 3. The average molecular weight is 467 g/mol. The van der Waals surface area contributed by atoms with Crippen molar-refractivity contribution in [2.45, 2.75) is 45.5 Å². The van der Waals surface area contributed by atoms with Crippen molar-refractivity contribution in [2.24, 2.45) is 0 Å². The second kappa shape index (κ2) is 11.6. The lowest BCUT2D eigenvalue weighted by molar-refractivity contribution is -0.113. The highest BCUT2D eigenvalue weighted by Crippen LogP contribution is 2.28. The van der Waals surface area contributed by atoms with E-state index in [1.165, 1.54) is 17.3 Å². The number of carbonyl (C=O) groups excluding carboxylic acids is 1. The largest absolute Gasteiger partial charge is 0.492 e. The molecule has 174 valence electrons. The van der Waals surface area contributed by atoms with Crippen LogP contribution in [0.25, 0.3) is 0 Å². The maximum absolute atomic E-state index is 12.6. The number of allylic oxidation sites excluding steroid dienone is 1. The summed E-state index contributed by atoms with van der Waals surface area (Å²) in [7, 11) is 0. The van der Waals surface area contributed by atoms with E-state index in [4.69, 9.17) is 9.47 Å². The highest BCUT2D eigenvalue weighted by atomic mass is 32.2. The van der Waals surface area contributed by atoms with Gasteiger partial charge in [0.1, 0.15) is 11.5 Å². The zero-order valence-electron chi connectivity index (χ0n) is 19.5. The lowest BCUT2D eigenvalue weighted by Crippen LogP contribution is -2.16. The third-order valence-electron chi connectivity index (χ3n) is 5.07. The molecule has 0 saturated heterocycles. The smallest absolute Gasteiger partial charge is 0.234 e. The molecule has 8 heteroatoms. The van der Waals surface area contributed by atoms with Gasteiger partial charge in [-0.05, 0) is 57.0 Å². The molecule has 0 aliphatic carbocycles. The van der Waals surface area contributed by atoms with Crippen molar-refractivity contribution in [1.82, 2.24) is 14.8 Å². The number of para-hydroxylation sites is 2. The Bertz CT molecular complexity index is 1110. The van der Waals surface area contributed by atoms with Crippen LogP contribution in [0.2, 0.25) is 0 Å². The normalized spacial score (nSPS) is 11.6. The molecule has 0 saturated carbocycles. The molecule has 0 spiro atoms. The number of carbonyl (C=O) groups is 1.